The molecule has 8 unspecified atom stereocenters. The highest BCUT2D eigenvalue weighted by atomic mass is 16.6. The molecule has 1 amide bonds. The lowest BCUT2D eigenvalue weighted by Crippen LogP contribution is -2.51. The van der Waals surface area contributed by atoms with Crippen LogP contribution in [0.25, 0.3) is 0 Å². The minimum Gasteiger partial charge on any atom is -0.446 e. The molecule has 0 saturated heterocycles. The van der Waals surface area contributed by atoms with Crippen LogP contribution in [0.3, 0.4) is 0 Å². The number of rotatable bonds is 7. The summed E-state index contributed by atoms with van der Waals surface area (Å²) in [5, 5.41) is 2.80. The SMILES string of the molecule is CCNC(=O)OC1CCC2(C)C(=CCC3C2CCC2(C)C(C(C)CCCC(C)C)CCC32)C1. The number of allylic oxidation sites excluding steroid dienone is 1. The van der Waals surface area contributed by atoms with E-state index >= 15 is 0 Å². The van der Waals surface area contributed by atoms with Crippen molar-refractivity contribution in [3.63, 3.8) is 0 Å². The highest BCUT2D eigenvalue weighted by Gasteiger charge is 2.59. The molecule has 1 N–H and O–H groups in total. The van der Waals surface area contributed by atoms with Crippen LogP contribution in [0.1, 0.15) is 112 Å². The molecule has 0 heterocycles. The number of alkyl carbamates (subject to hydrolysis) is 1. The van der Waals surface area contributed by atoms with E-state index in [2.05, 4.69) is 46.0 Å². The molecule has 0 radical (unpaired) electrons. The molecule has 3 saturated carbocycles. The van der Waals surface area contributed by atoms with Crippen molar-refractivity contribution >= 4 is 6.09 Å². The van der Waals surface area contributed by atoms with Crippen molar-refractivity contribution in [2.24, 2.45) is 46.3 Å². The lowest BCUT2D eigenvalue weighted by molar-refractivity contribution is -0.0581. The summed E-state index contributed by atoms with van der Waals surface area (Å²) in [6.45, 7) is 15.1. The first-order chi connectivity index (χ1) is 15.7. The Bertz CT molecular complexity index is 729. The number of hydrogen-bond donors (Lipinski definition) is 1. The van der Waals surface area contributed by atoms with E-state index in [4.69, 9.17) is 4.74 Å². The third kappa shape index (κ3) is 4.76. The summed E-state index contributed by atoms with van der Waals surface area (Å²) < 4.78 is 5.74. The zero-order chi connectivity index (χ0) is 23.8. The summed E-state index contributed by atoms with van der Waals surface area (Å²) in [5.74, 6) is 5.25. The van der Waals surface area contributed by atoms with Crippen LogP contribution in [0, 0.1) is 46.3 Å². The Morgan fingerprint density at radius 2 is 1.88 bits per heavy atom. The van der Waals surface area contributed by atoms with E-state index in [1.807, 2.05) is 6.92 Å². The molecule has 3 nitrogen and oxygen atoms in total. The summed E-state index contributed by atoms with van der Waals surface area (Å²) in [7, 11) is 0. The van der Waals surface area contributed by atoms with E-state index < -0.39 is 0 Å². The van der Waals surface area contributed by atoms with Crippen LogP contribution in [0.2, 0.25) is 0 Å². The lowest BCUT2D eigenvalue weighted by Gasteiger charge is -2.58. The normalized spacial score (nSPS) is 40.9. The summed E-state index contributed by atoms with van der Waals surface area (Å²) in [6.07, 6.45) is 16.8. The van der Waals surface area contributed by atoms with Crippen LogP contribution in [0.5, 0.6) is 0 Å². The first-order valence-electron chi connectivity index (χ1n) is 14.3. The smallest absolute Gasteiger partial charge is 0.407 e. The molecule has 0 aliphatic heterocycles. The number of hydrogen-bond acceptors (Lipinski definition) is 2. The second-order valence-electron chi connectivity index (χ2n) is 13.1. The molecule has 8 atom stereocenters. The highest BCUT2D eigenvalue weighted by molar-refractivity contribution is 5.67. The van der Waals surface area contributed by atoms with E-state index in [1.54, 1.807) is 5.57 Å². The standard InChI is InChI=1S/C30H51NO2/c1-7-31-28(32)33-23-15-17-29(5)22(19-23)11-12-24-26-14-13-25(21(4)10-8-9-20(2)3)30(26,6)18-16-27(24)29/h11,20-21,23-27H,7-10,12-19H2,1-6H3,(H,31,32). The number of fused-ring (bicyclic) bond motifs is 5. The molecule has 3 fully saturated rings. The molecule has 0 bridgehead atoms. The van der Waals surface area contributed by atoms with Crippen LogP contribution in [0.4, 0.5) is 4.79 Å². The van der Waals surface area contributed by atoms with Gasteiger partial charge in [-0.2, -0.15) is 0 Å². The number of ether oxygens (including phenoxy) is 1. The molecular weight excluding hydrogens is 406 g/mol. The van der Waals surface area contributed by atoms with E-state index in [0.29, 0.717) is 17.4 Å². The Kier molecular flexibility index (Phi) is 7.56. The van der Waals surface area contributed by atoms with Crippen molar-refractivity contribution in [2.75, 3.05) is 6.54 Å². The van der Waals surface area contributed by atoms with Gasteiger partial charge in [-0.05, 0) is 98.2 Å². The fourth-order valence-electron chi connectivity index (χ4n) is 9.09. The topological polar surface area (TPSA) is 38.3 Å². The Labute approximate surface area is 203 Å². The molecule has 188 valence electrons. The van der Waals surface area contributed by atoms with Gasteiger partial charge in [-0.3, -0.25) is 0 Å². The summed E-state index contributed by atoms with van der Waals surface area (Å²) >= 11 is 0. The van der Waals surface area contributed by atoms with Crippen LogP contribution in [-0.4, -0.2) is 18.7 Å². The predicted octanol–water partition coefficient (Wildman–Crippen LogP) is 8.14. The molecule has 0 spiro atoms. The molecular formula is C30H51NO2. The van der Waals surface area contributed by atoms with Crippen molar-refractivity contribution in [3.05, 3.63) is 11.6 Å². The zero-order valence-electron chi connectivity index (χ0n) is 22.4. The van der Waals surface area contributed by atoms with Gasteiger partial charge in [-0.1, -0.05) is 65.5 Å². The maximum Gasteiger partial charge on any atom is 0.407 e. The van der Waals surface area contributed by atoms with Gasteiger partial charge in [0.25, 0.3) is 0 Å². The van der Waals surface area contributed by atoms with Gasteiger partial charge in [0.15, 0.2) is 0 Å². The maximum atomic E-state index is 12.0. The Morgan fingerprint density at radius 3 is 2.61 bits per heavy atom. The first-order valence-corrected chi connectivity index (χ1v) is 14.3. The largest absolute Gasteiger partial charge is 0.446 e. The zero-order valence-corrected chi connectivity index (χ0v) is 22.4. The maximum absolute atomic E-state index is 12.0. The van der Waals surface area contributed by atoms with Gasteiger partial charge in [0.2, 0.25) is 0 Å². The number of carbonyl (C=O) groups excluding carboxylic acids is 1. The van der Waals surface area contributed by atoms with Gasteiger partial charge in [0.1, 0.15) is 6.10 Å². The monoisotopic (exact) mass is 457 g/mol. The van der Waals surface area contributed by atoms with Gasteiger partial charge < -0.3 is 10.1 Å². The third-order valence-corrected chi connectivity index (χ3v) is 10.9. The minimum atomic E-state index is -0.242. The molecule has 0 aromatic carbocycles. The van der Waals surface area contributed by atoms with Crippen molar-refractivity contribution < 1.29 is 9.53 Å². The van der Waals surface area contributed by atoms with Crippen molar-refractivity contribution in [1.29, 1.82) is 0 Å². The molecule has 33 heavy (non-hydrogen) atoms. The predicted molar refractivity (Wildman–Crippen MR) is 137 cm³/mol. The van der Waals surface area contributed by atoms with Gasteiger partial charge in [0, 0.05) is 13.0 Å². The average Bonchev–Trinajstić information content (AvgIpc) is 3.11. The second kappa shape index (κ2) is 9.94. The van der Waals surface area contributed by atoms with Gasteiger partial charge in [0.05, 0.1) is 0 Å². The van der Waals surface area contributed by atoms with E-state index in [-0.39, 0.29) is 12.2 Å². The molecule has 4 aliphatic carbocycles. The minimum absolute atomic E-state index is 0.0591. The number of carbonyl (C=O) groups is 1. The third-order valence-electron chi connectivity index (χ3n) is 10.9. The Hall–Kier alpha value is -0.990. The van der Waals surface area contributed by atoms with Crippen LogP contribution in [-0.2, 0) is 4.74 Å². The molecule has 0 aromatic heterocycles. The van der Waals surface area contributed by atoms with E-state index in [1.165, 1.54) is 57.8 Å². The molecule has 0 aromatic rings. The Morgan fingerprint density at radius 1 is 1.09 bits per heavy atom. The van der Waals surface area contributed by atoms with Crippen molar-refractivity contribution in [2.45, 2.75) is 118 Å². The quantitative estimate of drug-likeness (QED) is 0.392. The first kappa shape index (κ1) is 25.1. The second-order valence-corrected chi connectivity index (χ2v) is 13.1. The van der Waals surface area contributed by atoms with E-state index in [0.717, 1.165) is 48.3 Å². The summed E-state index contributed by atoms with van der Waals surface area (Å²) in [4.78, 5) is 12.0. The number of amides is 1. The fourth-order valence-corrected chi connectivity index (χ4v) is 9.09. The van der Waals surface area contributed by atoms with Gasteiger partial charge in [-0.15, -0.1) is 0 Å². The lowest BCUT2D eigenvalue weighted by atomic mass is 9.47. The molecule has 3 heteroatoms. The number of nitrogens with one attached hydrogen (secondary N) is 1. The molecule has 4 rings (SSSR count). The Balaban J connectivity index is 1.43. The van der Waals surface area contributed by atoms with Gasteiger partial charge in [-0.25, -0.2) is 4.79 Å². The summed E-state index contributed by atoms with van der Waals surface area (Å²) in [5.41, 5.74) is 2.48. The molecule has 4 aliphatic rings. The van der Waals surface area contributed by atoms with Crippen molar-refractivity contribution in [3.8, 4) is 0 Å². The highest BCUT2D eigenvalue weighted by Crippen LogP contribution is 2.67. The average molecular weight is 458 g/mol. The van der Waals surface area contributed by atoms with Crippen molar-refractivity contribution in [1.82, 2.24) is 5.32 Å². The van der Waals surface area contributed by atoms with Crippen LogP contribution >= 0.6 is 0 Å². The summed E-state index contributed by atoms with van der Waals surface area (Å²) in [6, 6.07) is 0. The fraction of sp³-hybridized carbons (Fsp3) is 0.900. The van der Waals surface area contributed by atoms with Crippen LogP contribution in [0.15, 0.2) is 11.6 Å². The van der Waals surface area contributed by atoms with Gasteiger partial charge >= 0.3 is 6.09 Å². The van der Waals surface area contributed by atoms with Crippen LogP contribution < -0.4 is 5.32 Å². The van der Waals surface area contributed by atoms with E-state index in [9.17, 15) is 4.79 Å².